The van der Waals surface area contributed by atoms with Gasteiger partial charge in [0.05, 0.1) is 22.4 Å². The van der Waals surface area contributed by atoms with Crippen molar-refractivity contribution >= 4 is 21.8 Å². The number of hydrogen-bond acceptors (Lipinski definition) is 3. The molecule has 0 saturated carbocycles. The molecule has 0 N–H and O–H groups in total. The zero-order valence-corrected chi connectivity index (χ0v) is 34.0. The number of para-hydroxylation sites is 1. The van der Waals surface area contributed by atoms with Crippen LogP contribution in [0.15, 0.2) is 90.6 Å². The number of allylic oxidation sites excluding steroid dienone is 2. The number of benzene rings is 3. The van der Waals surface area contributed by atoms with E-state index in [0.29, 0.717) is 23.7 Å². The number of nitrogens with zero attached hydrogens (tertiary/aromatic N) is 4. The van der Waals surface area contributed by atoms with E-state index in [0.717, 1.165) is 39.7 Å². The van der Waals surface area contributed by atoms with Gasteiger partial charge in [0.1, 0.15) is 17.3 Å². The van der Waals surface area contributed by atoms with Crippen molar-refractivity contribution in [1.29, 1.82) is 0 Å². The van der Waals surface area contributed by atoms with Crippen molar-refractivity contribution in [3.05, 3.63) is 119 Å². The van der Waals surface area contributed by atoms with Gasteiger partial charge < -0.3 is 4.74 Å². The van der Waals surface area contributed by atoms with Gasteiger partial charge in [-0.15, -0.1) is 0 Å². The van der Waals surface area contributed by atoms with Crippen LogP contribution in [0.25, 0.3) is 33.3 Å². The Hall–Kier alpha value is -4.64. The van der Waals surface area contributed by atoms with Gasteiger partial charge in [-0.05, 0) is 109 Å². The van der Waals surface area contributed by atoms with Crippen molar-refractivity contribution in [2.45, 2.75) is 113 Å². The Morgan fingerprint density at radius 1 is 0.755 bits per heavy atom. The van der Waals surface area contributed by atoms with E-state index < -0.39 is 0 Å². The molecule has 0 bridgehead atoms. The highest BCUT2D eigenvalue weighted by Crippen LogP contribution is 2.47. The summed E-state index contributed by atoms with van der Waals surface area (Å²) < 4.78 is 11.3. The van der Waals surface area contributed by atoms with E-state index in [1.54, 1.807) is 5.57 Å². The summed E-state index contributed by atoms with van der Waals surface area (Å²) in [4.78, 5) is 4.88. The van der Waals surface area contributed by atoms with E-state index in [4.69, 9.17) is 14.8 Å². The Morgan fingerprint density at radius 2 is 1.47 bits per heavy atom. The molecule has 5 nitrogen and oxygen atoms in total. The van der Waals surface area contributed by atoms with Gasteiger partial charge in [-0.25, -0.2) is 9.67 Å². The average molecular weight is 707 g/mol. The van der Waals surface area contributed by atoms with Crippen molar-refractivity contribution in [1.82, 2.24) is 19.3 Å². The largest absolute Gasteiger partial charge is 0.457 e. The van der Waals surface area contributed by atoms with Crippen LogP contribution in [0.1, 0.15) is 116 Å². The summed E-state index contributed by atoms with van der Waals surface area (Å²) in [5, 5.41) is 7.64. The maximum Gasteiger partial charge on any atom is 0.137 e. The fraction of sp³-hybridized carbons (Fsp3) is 0.417. The topological polar surface area (TPSA) is 44.9 Å². The second-order valence-electron chi connectivity index (χ2n) is 18.1. The van der Waals surface area contributed by atoms with Crippen molar-refractivity contribution in [2.75, 3.05) is 0 Å². The highest BCUT2D eigenvalue weighted by atomic mass is 16.5. The first-order valence-electron chi connectivity index (χ1n) is 19.6. The number of aryl methyl sites for hydroxylation is 1. The molecule has 0 fully saturated rings. The molecule has 1 aliphatic rings. The SMILES string of the molecule is Cc1nn(-c2cc(Oc3ccc4c5ccccc5n(-c5cc(C(C)(C)C)ccn5)c4c3)cc(C(C)(C)C)c2)c(C)c1C1C(C(C)C)=CCC[C@@H]1C(C)C. The van der Waals surface area contributed by atoms with E-state index in [-0.39, 0.29) is 10.8 Å². The Morgan fingerprint density at radius 3 is 2.17 bits per heavy atom. The number of pyridine rings is 1. The molecule has 53 heavy (non-hydrogen) atoms. The standard InChI is InChI=1S/C48H58N4O/c1-29(2)38-17-15-18-39(30(3)4)46(38)45-31(5)50-52(32(45)6)35-24-34(48(10,11)12)25-37(27-35)53-36-20-21-41-40-16-13-14-19-42(40)51(43(41)28-36)44-26-33(22-23-49-44)47(7,8)9/h13-14,16-17,19-30,39,46H,15,18H2,1-12H3/t39-,46?/m1/s1. The van der Waals surface area contributed by atoms with Gasteiger partial charge in [-0.1, -0.05) is 99.1 Å². The Labute approximate surface area is 317 Å². The van der Waals surface area contributed by atoms with Crippen LogP contribution in [-0.2, 0) is 10.8 Å². The minimum atomic E-state index is -0.0904. The van der Waals surface area contributed by atoms with Gasteiger partial charge in [-0.2, -0.15) is 5.10 Å². The monoisotopic (exact) mass is 706 g/mol. The second-order valence-corrected chi connectivity index (χ2v) is 18.1. The summed E-state index contributed by atoms with van der Waals surface area (Å²) in [6.07, 6.45) is 6.84. The molecule has 276 valence electrons. The summed E-state index contributed by atoms with van der Waals surface area (Å²) in [5.41, 5.74) is 10.9. The molecule has 0 saturated heterocycles. The highest BCUT2D eigenvalue weighted by molar-refractivity contribution is 6.09. The number of hydrogen-bond donors (Lipinski definition) is 0. The van der Waals surface area contributed by atoms with Gasteiger partial charge in [0, 0.05) is 46.3 Å². The van der Waals surface area contributed by atoms with Crippen LogP contribution in [0.4, 0.5) is 0 Å². The molecule has 5 heteroatoms. The van der Waals surface area contributed by atoms with E-state index in [2.05, 4.69) is 171 Å². The molecule has 0 aliphatic heterocycles. The molecule has 3 aromatic heterocycles. The van der Waals surface area contributed by atoms with Gasteiger partial charge in [-0.3, -0.25) is 4.57 Å². The van der Waals surface area contributed by atoms with E-state index >= 15 is 0 Å². The normalized spacial score (nSPS) is 17.0. The second kappa shape index (κ2) is 13.6. The zero-order chi connectivity index (χ0) is 38.0. The fourth-order valence-corrected chi connectivity index (χ4v) is 8.63. The summed E-state index contributed by atoms with van der Waals surface area (Å²) in [6, 6.07) is 26.0. The van der Waals surface area contributed by atoms with E-state index in [1.165, 1.54) is 46.0 Å². The number of ether oxygens (including phenoxy) is 1. The maximum atomic E-state index is 6.86. The van der Waals surface area contributed by atoms with Crippen LogP contribution in [-0.4, -0.2) is 19.3 Å². The van der Waals surface area contributed by atoms with Crippen LogP contribution in [0.5, 0.6) is 11.5 Å². The molecule has 0 spiro atoms. The molecular formula is C48H58N4O. The van der Waals surface area contributed by atoms with Crippen molar-refractivity contribution in [3.63, 3.8) is 0 Å². The first-order chi connectivity index (χ1) is 25.0. The minimum absolute atomic E-state index is 0.00663. The van der Waals surface area contributed by atoms with Crippen LogP contribution < -0.4 is 4.74 Å². The van der Waals surface area contributed by atoms with Crippen LogP contribution in [0.2, 0.25) is 0 Å². The maximum absolute atomic E-state index is 6.86. The lowest BCUT2D eigenvalue weighted by Gasteiger charge is -2.37. The Bertz CT molecular complexity index is 2340. The third kappa shape index (κ3) is 6.84. The highest BCUT2D eigenvalue weighted by Gasteiger charge is 2.36. The molecule has 7 rings (SSSR count). The summed E-state index contributed by atoms with van der Waals surface area (Å²) in [5.74, 6) is 4.58. The van der Waals surface area contributed by atoms with Gasteiger partial charge in [0.2, 0.25) is 0 Å². The van der Waals surface area contributed by atoms with Crippen molar-refractivity contribution in [2.24, 2.45) is 17.8 Å². The number of aromatic nitrogens is 4. The quantitative estimate of drug-likeness (QED) is 0.155. The van der Waals surface area contributed by atoms with Crippen molar-refractivity contribution in [3.8, 4) is 23.0 Å². The average Bonchev–Trinajstić information content (AvgIpc) is 3.59. The molecular weight excluding hydrogens is 649 g/mol. The summed E-state index contributed by atoms with van der Waals surface area (Å²) in [7, 11) is 0. The number of rotatable bonds is 7. The molecule has 0 radical (unpaired) electrons. The molecule has 1 unspecified atom stereocenters. The lowest BCUT2D eigenvalue weighted by atomic mass is 9.67. The third-order valence-electron chi connectivity index (χ3n) is 11.6. The predicted molar refractivity (Wildman–Crippen MR) is 222 cm³/mol. The van der Waals surface area contributed by atoms with Gasteiger partial charge in [0.15, 0.2) is 0 Å². The first kappa shape index (κ1) is 36.7. The summed E-state index contributed by atoms with van der Waals surface area (Å²) in [6.45, 7) is 27.5. The van der Waals surface area contributed by atoms with Crippen LogP contribution in [0.3, 0.4) is 0 Å². The molecule has 3 aromatic carbocycles. The van der Waals surface area contributed by atoms with Crippen LogP contribution in [0, 0.1) is 31.6 Å². The number of fused-ring (bicyclic) bond motifs is 3. The molecule has 2 atom stereocenters. The smallest absolute Gasteiger partial charge is 0.137 e. The van der Waals surface area contributed by atoms with Gasteiger partial charge in [0.25, 0.3) is 0 Å². The van der Waals surface area contributed by atoms with E-state index in [1.807, 2.05) is 6.20 Å². The molecule has 1 aliphatic carbocycles. The van der Waals surface area contributed by atoms with Gasteiger partial charge >= 0.3 is 0 Å². The lowest BCUT2D eigenvalue weighted by molar-refractivity contribution is 0.297. The summed E-state index contributed by atoms with van der Waals surface area (Å²) >= 11 is 0. The fourth-order valence-electron chi connectivity index (χ4n) is 8.63. The minimum Gasteiger partial charge on any atom is -0.457 e. The predicted octanol–water partition coefficient (Wildman–Crippen LogP) is 13.1. The third-order valence-corrected chi connectivity index (χ3v) is 11.6. The van der Waals surface area contributed by atoms with Crippen LogP contribution >= 0.6 is 0 Å². The Balaban J connectivity index is 1.34. The zero-order valence-electron chi connectivity index (χ0n) is 34.0. The van der Waals surface area contributed by atoms with Crippen molar-refractivity contribution < 1.29 is 4.74 Å². The molecule has 3 heterocycles. The first-order valence-corrected chi connectivity index (χ1v) is 19.6. The molecule has 6 aromatic rings. The van der Waals surface area contributed by atoms with E-state index in [9.17, 15) is 0 Å². The Kier molecular flexibility index (Phi) is 9.45. The molecule has 0 amide bonds. The lowest BCUT2D eigenvalue weighted by Crippen LogP contribution is -2.26.